The van der Waals surface area contributed by atoms with E-state index in [-0.39, 0.29) is 10.8 Å². The summed E-state index contributed by atoms with van der Waals surface area (Å²) in [4.78, 5) is 0.183. The van der Waals surface area contributed by atoms with E-state index in [9.17, 15) is 8.42 Å². The molecule has 20 heavy (non-hydrogen) atoms. The van der Waals surface area contributed by atoms with Gasteiger partial charge >= 0.3 is 0 Å². The van der Waals surface area contributed by atoms with E-state index in [2.05, 4.69) is 6.92 Å². The lowest BCUT2D eigenvalue weighted by atomic mass is 10.0. The smallest absolute Gasteiger partial charge is 0.238 e. The number of ether oxygens (including phenoxy) is 1. The van der Waals surface area contributed by atoms with Gasteiger partial charge in [0, 0.05) is 0 Å². The third kappa shape index (κ3) is 4.49. The quantitative estimate of drug-likeness (QED) is 0.785. The first-order chi connectivity index (χ1) is 9.27. The van der Waals surface area contributed by atoms with E-state index < -0.39 is 10.0 Å². The number of primary sulfonamides is 1. The molecule has 2 N–H and O–H groups in total. The number of hydrogen-bond acceptors (Lipinski definition) is 3. The second kappa shape index (κ2) is 7.09. The van der Waals surface area contributed by atoms with Crippen molar-refractivity contribution in [2.45, 2.75) is 57.8 Å². The van der Waals surface area contributed by atoms with Crippen LogP contribution in [0.3, 0.4) is 0 Å². The van der Waals surface area contributed by atoms with Crippen molar-refractivity contribution in [2.75, 3.05) is 6.61 Å². The molecule has 1 rings (SSSR count). The Morgan fingerprint density at radius 3 is 2.40 bits per heavy atom. The molecule has 0 unspecified atom stereocenters. The summed E-state index contributed by atoms with van der Waals surface area (Å²) in [5.74, 6) is 0.943. The van der Waals surface area contributed by atoms with Crippen molar-refractivity contribution in [3.63, 3.8) is 0 Å². The van der Waals surface area contributed by atoms with Crippen LogP contribution in [0, 0.1) is 6.92 Å². The van der Waals surface area contributed by atoms with Crippen LogP contribution < -0.4 is 9.88 Å². The number of unbranched alkanes of at least 4 members (excludes halogenated alkanes) is 2. The van der Waals surface area contributed by atoms with Crippen LogP contribution in [0.2, 0.25) is 0 Å². The van der Waals surface area contributed by atoms with E-state index in [1.807, 2.05) is 13.8 Å². The van der Waals surface area contributed by atoms with Crippen LogP contribution in [0.25, 0.3) is 0 Å². The number of sulfonamides is 1. The Bertz CT molecular complexity index is 550. The predicted molar refractivity (Wildman–Crippen MR) is 81.7 cm³/mol. The second-order valence-corrected chi connectivity index (χ2v) is 6.94. The molecule has 1 aromatic rings. The second-order valence-electron chi connectivity index (χ2n) is 5.41. The minimum Gasteiger partial charge on any atom is -0.493 e. The molecule has 0 aromatic heterocycles. The van der Waals surface area contributed by atoms with Gasteiger partial charge in [-0.15, -0.1) is 0 Å². The molecule has 0 spiro atoms. The van der Waals surface area contributed by atoms with E-state index in [1.165, 1.54) is 0 Å². The molecule has 4 nitrogen and oxygen atoms in total. The molecule has 0 bridgehead atoms. The normalized spacial score (nSPS) is 11.9. The van der Waals surface area contributed by atoms with Gasteiger partial charge in [-0.3, -0.25) is 0 Å². The number of aryl methyl sites for hydroxylation is 1. The molecule has 0 saturated heterocycles. The fourth-order valence-corrected chi connectivity index (χ4v) is 2.89. The fourth-order valence-electron chi connectivity index (χ4n) is 2.09. The summed E-state index contributed by atoms with van der Waals surface area (Å²) in [5, 5.41) is 5.25. The summed E-state index contributed by atoms with van der Waals surface area (Å²) in [5.41, 5.74) is 1.51. The Morgan fingerprint density at radius 2 is 1.90 bits per heavy atom. The molecular weight excluding hydrogens is 274 g/mol. The highest BCUT2D eigenvalue weighted by Crippen LogP contribution is 2.31. The maximum atomic E-state index is 11.6. The van der Waals surface area contributed by atoms with Crippen LogP contribution in [0.15, 0.2) is 17.0 Å². The third-order valence-corrected chi connectivity index (χ3v) is 4.29. The Kier molecular flexibility index (Phi) is 6.02. The Balaban J connectivity index is 3.09. The number of rotatable bonds is 7. The van der Waals surface area contributed by atoms with Crippen molar-refractivity contribution in [3.8, 4) is 5.75 Å². The average molecular weight is 299 g/mol. The molecule has 0 aliphatic rings. The highest BCUT2D eigenvalue weighted by molar-refractivity contribution is 7.89. The lowest BCUT2D eigenvalue weighted by Gasteiger charge is -2.17. The fraction of sp³-hybridized carbons (Fsp3) is 0.600. The van der Waals surface area contributed by atoms with E-state index >= 15 is 0 Å². The van der Waals surface area contributed by atoms with E-state index in [4.69, 9.17) is 9.88 Å². The van der Waals surface area contributed by atoms with Gasteiger partial charge in [0.2, 0.25) is 10.0 Å². The molecule has 0 aliphatic heterocycles. The molecule has 0 radical (unpaired) electrons. The first kappa shape index (κ1) is 17.0. The zero-order chi connectivity index (χ0) is 15.3. The topological polar surface area (TPSA) is 69.4 Å². The number of hydrogen-bond donors (Lipinski definition) is 1. The first-order valence-electron chi connectivity index (χ1n) is 7.07. The van der Waals surface area contributed by atoms with Gasteiger partial charge < -0.3 is 4.74 Å². The van der Waals surface area contributed by atoms with Crippen molar-refractivity contribution in [2.24, 2.45) is 5.14 Å². The first-order valence-corrected chi connectivity index (χ1v) is 8.62. The monoisotopic (exact) mass is 299 g/mol. The van der Waals surface area contributed by atoms with Crippen molar-refractivity contribution < 1.29 is 13.2 Å². The van der Waals surface area contributed by atoms with Crippen LogP contribution in [0.1, 0.15) is 57.1 Å². The molecule has 0 saturated carbocycles. The summed E-state index contributed by atoms with van der Waals surface area (Å²) in [6.07, 6.45) is 3.28. The van der Waals surface area contributed by atoms with Crippen molar-refractivity contribution in [3.05, 3.63) is 23.3 Å². The molecule has 0 heterocycles. The van der Waals surface area contributed by atoms with Gasteiger partial charge in [-0.25, -0.2) is 13.6 Å². The standard InChI is InChI=1S/C15H25NO3S/c1-5-6-7-8-19-14-9-12(4)15(20(16,17)18)10-13(14)11(2)3/h9-11H,5-8H2,1-4H3,(H2,16,17,18). The van der Waals surface area contributed by atoms with E-state index in [0.717, 1.165) is 30.6 Å². The molecule has 0 atom stereocenters. The molecule has 1 aromatic carbocycles. The SMILES string of the molecule is CCCCCOc1cc(C)c(S(N)(=O)=O)cc1C(C)C. The molecular formula is C15H25NO3S. The van der Waals surface area contributed by atoms with Crippen LogP contribution >= 0.6 is 0 Å². The molecule has 0 fully saturated rings. The van der Waals surface area contributed by atoms with Gasteiger partial charge in [-0.1, -0.05) is 33.6 Å². The molecule has 0 amide bonds. The van der Waals surface area contributed by atoms with Crippen LogP contribution in [0.4, 0.5) is 0 Å². The zero-order valence-electron chi connectivity index (χ0n) is 12.8. The van der Waals surface area contributed by atoms with Crippen molar-refractivity contribution in [1.29, 1.82) is 0 Å². The van der Waals surface area contributed by atoms with Crippen LogP contribution in [-0.4, -0.2) is 15.0 Å². The lowest BCUT2D eigenvalue weighted by molar-refractivity contribution is 0.301. The van der Waals surface area contributed by atoms with E-state index in [1.54, 1.807) is 19.1 Å². The summed E-state index contributed by atoms with van der Waals surface area (Å²) >= 11 is 0. The summed E-state index contributed by atoms with van der Waals surface area (Å²) < 4.78 is 29.0. The molecule has 0 aliphatic carbocycles. The van der Waals surface area contributed by atoms with Gasteiger partial charge in [0.1, 0.15) is 5.75 Å². The van der Waals surface area contributed by atoms with Crippen LogP contribution in [-0.2, 0) is 10.0 Å². The van der Waals surface area contributed by atoms with Crippen molar-refractivity contribution >= 4 is 10.0 Å². The summed E-state index contributed by atoms with van der Waals surface area (Å²) in [7, 11) is -3.69. The summed E-state index contributed by atoms with van der Waals surface area (Å²) in [6.45, 7) is 8.56. The Morgan fingerprint density at radius 1 is 1.25 bits per heavy atom. The van der Waals surface area contributed by atoms with Gasteiger partial charge in [0.15, 0.2) is 0 Å². The minimum atomic E-state index is -3.69. The van der Waals surface area contributed by atoms with Crippen molar-refractivity contribution in [1.82, 2.24) is 0 Å². The zero-order valence-corrected chi connectivity index (χ0v) is 13.6. The highest BCUT2D eigenvalue weighted by Gasteiger charge is 2.17. The van der Waals surface area contributed by atoms with Gasteiger partial charge in [-0.2, -0.15) is 0 Å². The highest BCUT2D eigenvalue weighted by atomic mass is 32.2. The van der Waals surface area contributed by atoms with Gasteiger partial charge in [0.05, 0.1) is 11.5 Å². The number of nitrogens with two attached hydrogens (primary N) is 1. The van der Waals surface area contributed by atoms with E-state index in [0.29, 0.717) is 12.2 Å². The largest absolute Gasteiger partial charge is 0.493 e. The number of benzene rings is 1. The lowest BCUT2D eigenvalue weighted by Crippen LogP contribution is -2.15. The minimum absolute atomic E-state index is 0.178. The van der Waals surface area contributed by atoms with Crippen LogP contribution in [0.5, 0.6) is 5.75 Å². The predicted octanol–water partition coefficient (Wildman–Crippen LogP) is 3.33. The molecule has 114 valence electrons. The maximum Gasteiger partial charge on any atom is 0.238 e. The molecule has 5 heteroatoms. The Hall–Kier alpha value is -1.07. The Labute approximate surface area is 122 Å². The van der Waals surface area contributed by atoms with Gasteiger partial charge in [-0.05, 0) is 42.5 Å². The average Bonchev–Trinajstić information content (AvgIpc) is 2.32. The summed E-state index contributed by atoms with van der Waals surface area (Å²) in [6, 6.07) is 3.42. The van der Waals surface area contributed by atoms with Gasteiger partial charge in [0.25, 0.3) is 0 Å². The maximum absolute atomic E-state index is 11.6. The third-order valence-electron chi connectivity index (χ3n) is 3.24.